The number of rotatable bonds is 8. The zero-order valence-corrected chi connectivity index (χ0v) is 16.0. The molecule has 0 fully saturated rings. The molecule has 2 aromatic rings. The molecule has 2 N–H and O–H groups in total. The number of anilines is 1. The lowest BCUT2D eigenvalue weighted by Gasteiger charge is -2.10. The van der Waals surface area contributed by atoms with E-state index in [1.165, 1.54) is 16.9 Å². The predicted octanol–water partition coefficient (Wildman–Crippen LogP) is 3.45. The molecule has 0 radical (unpaired) electrons. The number of hydrogen-bond acceptors (Lipinski definition) is 5. The first-order valence-corrected chi connectivity index (χ1v) is 9.24. The topological polar surface area (TPSA) is 59.6 Å². The lowest BCUT2D eigenvalue weighted by molar-refractivity contribution is 0.0528. The van der Waals surface area contributed by atoms with Gasteiger partial charge in [-0.2, -0.15) is 0 Å². The molecule has 0 saturated heterocycles. The summed E-state index contributed by atoms with van der Waals surface area (Å²) in [5.41, 5.74) is 1.69. The van der Waals surface area contributed by atoms with Crippen molar-refractivity contribution in [1.29, 1.82) is 0 Å². The van der Waals surface area contributed by atoms with Crippen LogP contribution in [0.4, 0.5) is 5.00 Å². The van der Waals surface area contributed by atoms with Crippen molar-refractivity contribution in [3.05, 3.63) is 52.4 Å². The maximum Gasteiger partial charge on any atom is 0.341 e. The number of hydrogen-bond donors (Lipinski definition) is 2. The average Bonchev–Trinajstić information content (AvgIpc) is 2.98. The Kier molecular flexibility index (Phi) is 7.84. The van der Waals surface area contributed by atoms with Gasteiger partial charge in [0.2, 0.25) is 0 Å². The summed E-state index contributed by atoms with van der Waals surface area (Å²) in [5.74, 6) is -0.347. The van der Waals surface area contributed by atoms with E-state index in [1.54, 1.807) is 14.0 Å². The summed E-state index contributed by atoms with van der Waals surface area (Å²) in [4.78, 5) is 13.3. The van der Waals surface area contributed by atoms with E-state index in [9.17, 15) is 4.79 Å². The molecule has 1 heterocycles. The number of carbonyl (C=O) groups is 1. The zero-order chi connectivity index (χ0) is 18.1. The monoisotopic (exact) mass is 378 g/mol. The first-order chi connectivity index (χ1) is 12.1. The lowest BCUT2D eigenvalue weighted by atomic mass is 10.1. The molecule has 1 aromatic heterocycles. The fourth-order valence-electron chi connectivity index (χ4n) is 2.19. The van der Waals surface area contributed by atoms with Gasteiger partial charge in [0.15, 0.2) is 5.11 Å². The summed E-state index contributed by atoms with van der Waals surface area (Å²) < 4.78 is 10.1. The fourth-order valence-corrected chi connectivity index (χ4v) is 3.55. The van der Waals surface area contributed by atoms with E-state index in [1.807, 2.05) is 24.3 Å². The zero-order valence-electron chi connectivity index (χ0n) is 14.3. The molecule has 0 unspecified atom stereocenters. The molecule has 0 saturated carbocycles. The molecular formula is C18H22N2O3S2. The summed E-state index contributed by atoms with van der Waals surface area (Å²) in [6.45, 7) is 3.27. The van der Waals surface area contributed by atoms with E-state index in [-0.39, 0.29) is 5.97 Å². The van der Waals surface area contributed by atoms with Crippen molar-refractivity contribution in [3.8, 4) is 0 Å². The summed E-state index contributed by atoms with van der Waals surface area (Å²) in [7, 11) is 1.63. The standard InChI is InChI=1S/C18H22N2O3S2/c1-3-23-17(21)15-12-14(11-13-7-5-4-6-8-13)25-16(15)20-18(24)19-9-10-22-2/h4-8,12H,3,9-11H2,1-2H3,(H2,19,20,24). The van der Waals surface area contributed by atoms with Gasteiger partial charge in [0.05, 0.1) is 18.8 Å². The van der Waals surface area contributed by atoms with E-state index in [0.29, 0.717) is 35.4 Å². The van der Waals surface area contributed by atoms with Crippen LogP contribution in [0.15, 0.2) is 36.4 Å². The Hall–Kier alpha value is -1.96. The Morgan fingerprint density at radius 3 is 2.72 bits per heavy atom. The minimum Gasteiger partial charge on any atom is -0.462 e. The van der Waals surface area contributed by atoms with Crippen molar-refractivity contribution in [2.24, 2.45) is 0 Å². The van der Waals surface area contributed by atoms with Crippen molar-refractivity contribution in [3.63, 3.8) is 0 Å². The molecular weight excluding hydrogens is 356 g/mol. The second-order valence-electron chi connectivity index (χ2n) is 5.21. The molecule has 0 aliphatic carbocycles. The van der Waals surface area contributed by atoms with Crippen LogP contribution in [0.2, 0.25) is 0 Å². The van der Waals surface area contributed by atoms with Crippen LogP contribution in [0.5, 0.6) is 0 Å². The summed E-state index contributed by atoms with van der Waals surface area (Å²) >= 11 is 6.78. The Morgan fingerprint density at radius 2 is 2.04 bits per heavy atom. The first-order valence-electron chi connectivity index (χ1n) is 8.01. The van der Waals surface area contributed by atoms with Gasteiger partial charge in [-0.05, 0) is 30.8 Å². The normalized spacial score (nSPS) is 10.3. The van der Waals surface area contributed by atoms with Crippen LogP contribution >= 0.6 is 23.6 Å². The van der Waals surface area contributed by atoms with Crippen molar-refractivity contribution in [2.75, 3.05) is 32.2 Å². The minimum atomic E-state index is -0.347. The molecule has 0 aliphatic heterocycles. The second kappa shape index (κ2) is 10.1. The highest BCUT2D eigenvalue weighted by Crippen LogP contribution is 2.30. The third-order valence-corrected chi connectivity index (χ3v) is 4.62. The predicted molar refractivity (Wildman–Crippen MR) is 106 cm³/mol. The third-order valence-electron chi connectivity index (χ3n) is 3.32. The number of thiocarbonyl (C=S) groups is 1. The highest BCUT2D eigenvalue weighted by atomic mass is 32.1. The van der Waals surface area contributed by atoms with Gasteiger partial charge in [-0.3, -0.25) is 0 Å². The molecule has 0 atom stereocenters. The van der Waals surface area contributed by atoms with Crippen molar-refractivity contribution in [1.82, 2.24) is 5.32 Å². The molecule has 0 spiro atoms. The molecule has 2 rings (SSSR count). The largest absolute Gasteiger partial charge is 0.462 e. The SMILES string of the molecule is CCOC(=O)c1cc(Cc2ccccc2)sc1NC(=S)NCCOC. The minimum absolute atomic E-state index is 0.332. The van der Waals surface area contributed by atoms with Gasteiger partial charge >= 0.3 is 5.97 Å². The number of esters is 1. The van der Waals surface area contributed by atoms with E-state index in [4.69, 9.17) is 21.7 Å². The van der Waals surface area contributed by atoms with E-state index in [2.05, 4.69) is 22.8 Å². The van der Waals surface area contributed by atoms with Crippen LogP contribution < -0.4 is 10.6 Å². The molecule has 1 aromatic carbocycles. The van der Waals surface area contributed by atoms with Gasteiger partial charge in [0, 0.05) is 25.0 Å². The van der Waals surface area contributed by atoms with Crippen LogP contribution in [0.1, 0.15) is 27.7 Å². The van der Waals surface area contributed by atoms with Crippen LogP contribution in [0.3, 0.4) is 0 Å². The number of nitrogens with one attached hydrogen (secondary N) is 2. The number of ether oxygens (including phenoxy) is 2. The van der Waals surface area contributed by atoms with E-state index in [0.717, 1.165) is 11.3 Å². The average molecular weight is 379 g/mol. The van der Waals surface area contributed by atoms with Crippen molar-refractivity contribution >= 4 is 39.6 Å². The van der Waals surface area contributed by atoms with Crippen LogP contribution in [0, 0.1) is 0 Å². The van der Waals surface area contributed by atoms with Crippen molar-refractivity contribution in [2.45, 2.75) is 13.3 Å². The van der Waals surface area contributed by atoms with Gasteiger partial charge in [-0.15, -0.1) is 11.3 Å². The van der Waals surface area contributed by atoms with Gasteiger partial charge < -0.3 is 20.1 Å². The molecule has 134 valence electrons. The van der Waals surface area contributed by atoms with Gasteiger partial charge in [0.25, 0.3) is 0 Å². The highest BCUT2D eigenvalue weighted by Gasteiger charge is 2.18. The molecule has 0 aliphatic rings. The van der Waals surface area contributed by atoms with Gasteiger partial charge in [-0.1, -0.05) is 30.3 Å². The first kappa shape index (κ1) is 19.4. The number of carbonyl (C=O) groups excluding carboxylic acids is 1. The Labute approximate surface area is 157 Å². The van der Waals surface area contributed by atoms with Crippen LogP contribution in [-0.4, -0.2) is 38.0 Å². The number of thiophene rings is 1. The fraction of sp³-hybridized carbons (Fsp3) is 0.333. The molecule has 0 amide bonds. The van der Waals surface area contributed by atoms with Gasteiger partial charge in [-0.25, -0.2) is 4.79 Å². The Bertz CT molecular complexity index is 702. The molecule has 5 nitrogen and oxygen atoms in total. The Morgan fingerprint density at radius 1 is 1.28 bits per heavy atom. The van der Waals surface area contributed by atoms with Crippen LogP contribution in [-0.2, 0) is 15.9 Å². The number of methoxy groups -OCH3 is 1. The smallest absolute Gasteiger partial charge is 0.341 e. The third kappa shape index (κ3) is 6.12. The summed E-state index contributed by atoms with van der Waals surface area (Å²) in [6, 6.07) is 12.0. The molecule has 7 heteroatoms. The molecule has 25 heavy (non-hydrogen) atoms. The maximum atomic E-state index is 12.2. The number of benzene rings is 1. The lowest BCUT2D eigenvalue weighted by Crippen LogP contribution is -2.31. The van der Waals surface area contributed by atoms with E-state index < -0.39 is 0 Å². The van der Waals surface area contributed by atoms with E-state index >= 15 is 0 Å². The Balaban J connectivity index is 2.14. The molecule has 0 bridgehead atoms. The maximum absolute atomic E-state index is 12.2. The highest BCUT2D eigenvalue weighted by molar-refractivity contribution is 7.80. The van der Waals surface area contributed by atoms with Crippen LogP contribution in [0.25, 0.3) is 0 Å². The summed E-state index contributed by atoms with van der Waals surface area (Å²) in [5, 5.41) is 7.28. The van der Waals surface area contributed by atoms with Gasteiger partial charge in [0.1, 0.15) is 5.00 Å². The second-order valence-corrected chi connectivity index (χ2v) is 6.76. The quantitative estimate of drug-likeness (QED) is 0.417. The van der Waals surface area contributed by atoms with Crippen molar-refractivity contribution < 1.29 is 14.3 Å². The summed E-state index contributed by atoms with van der Waals surface area (Å²) in [6.07, 6.45) is 0.753.